The summed E-state index contributed by atoms with van der Waals surface area (Å²) in [5.74, 6) is 1.08. The number of nitrogens with one attached hydrogen (secondary N) is 1. The molecule has 1 aromatic carbocycles. The first kappa shape index (κ1) is 19.1. The summed E-state index contributed by atoms with van der Waals surface area (Å²) in [6.45, 7) is 1.53. The standard InChI is InChI=1S/C19H23F2N3O3/c1-11(14-8-13(26-2)6-7-17(14)27-3)22-18(25)10-24-16(19(20)21)9-15(23-24)12-4-5-12/h6-9,11-12,19H,4-5,10H2,1-3H3,(H,22,25). The molecule has 0 spiro atoms. The average Bonchev–Trinajstić information content (AvgIpc) is 3.41. The van der Waals surface area contributed by atoms with Crippen molar-refractivity contribution < 1.29 is 23.0 Å². The zero-order valence-corrected chi connectivity index (χ0v) is 15.5. The minimum Gasteiger partial charge on any atom is -0.497 e. The highest BCUT2D eigenvalue weighted by Crippen LogP contribution is 2.40. The van der Waals surface area contributed by atoms with Gasteiger partial charge in [-0.3, -0.25) is 9.48 Å². The first-order valence-electron chi connectivity index (χ1n) is 8.80. The Balaban J connectivity index is 1.72. The second-order valence-electron chi connectivity index (χ2n) is 6.62. The predicted octanol–water partition coefficient (Wildman–Crippen LogP) is 3.59. The summed E-state index contributed by atoms with van der Waals surface area (Å²) < 4.78 is 38.2. The Morgan fingerprint density at radius 3 is 2.63 bits per heavy atom. The number of hydrogen-bond acceptors (Lipinski definition) is 4. The van der Waals surface area contributed by atoms with Gasteiger partial charge in [0.2, 0.25) is 5.91 Å². The third-order valence-electron chi connectivity index (χ3n) is 4.62. The van der Waals surface area contributed by atoms with Crippen LogP contribution in [0.5, 0.6) is 11.5 Å². The zero-order valence-electron chi connectivity index (χ0n) is 15.5. The normalized spacial score (nSPS) is 14.9. The summed E-state index contributed by atoms with van der Waals surface area (Å²) in [5, 5.41) is 7.02. The molecule has 0 saturated heterocycles. The maximum atomic E-state index is 13.3. The monoisotopic (exact) mass is 379 g/mol. The number of nitrogens with zero attached hydrogens (tertiary/aromatic N) is 2. The summed E-state index contributed by atoms with van der Waals surface area (Å²) in [4.78, 5) is 12.4. The van der Waals surface area contributed by atoms with E-state index in [9.17, 15) is 13.6 Å². The highest BCUT2D eigenvalue weighted by molar-refractivity contribution is 5.76. The third kappa shape index (κ3) is 4.37. The first-order chi connectivity index (χ1) is 12.9. The van der Waals surface area contributed by atoms with Crippen molar-refractivity contribution in [2.24, 2.45) is 0 Å². The molecule has 3 rings (SSSR count). The van der Waals surface area contributed by atoms with Gasteiger partial charge in [-0.2, -0.15) is 5.10 Å². The molecule has 1 atom stereocenters. The Labute approximate surface area is 156 Å². The fraction of sp³-hybridized carbons (Fsp3) is 0.474. The second kappa shape index (κ2) is 7.94. The number of alkyl halides is 2. The van der Waals surface area contributed by atoms with Crippen molar-refractivity contribution in [2.75, 3.05) is 14.2 Å². The molecule has 1 unspecified atom stereocenters. The van der Waals surface area contributed by atoms with Crippen LogP contribution in [-0.2, 0) is 11.3 Å². The Kier molecular flexibility index (Phi) is 5.62. The van der Waals surface area contributed by atoms with Gasteiger partial charge in [-0.25, -0.2) is 8.78 Å². The van der Waals surface area contributed by atoms with Gasteiger partial charge in [0.05, 0.1) is 26.0 Å². The number of methoxy groups -OCH3 is 2. The first-order valence-corrected chi connectivity index (χ1v) is 8.80. The van der Waals surface area contributed by atoms with Gasteiger partial charge >= 0.3 is 0 Å². The molecule has 6 nitrogen and oxygen atoms in total. The van der Waals surface area contributed by atoms with Gasteiger partial charge in [-0.1, -0.05) is 0 Å². The molecule has 1 aromatic heterocycles. The fourth-order valence-electron chi connectivity index (χ4n) is 3.01. The molecular weight excluding hydrogens is 356 g/mol. The minimum atomic E-state index is -2.67. The average molecular weight is 379 g/mol. The Morgan fingerprint density at radius 1 is 1.30 bits per heavy atom. The van der Waals surface area contributed by atoms with E-state index in [1.807, 2.05) is 0 Å². The Bertz CT molecular complexity index is 819. The van der Waals surface area contributed by atoms with Crippen LogP contribution in [0.4, 0.5) is 8.78 Å². The van der Waals surface area contributed by atoms with Crippen LogP contribution >= 0.6 is 0 Å². The Hall–Kier alpha value is -2.64. The number of benzene rings is 1. The van der Waals surface area contributed by atoms with E-state index in [0.717, 1.165) is 23.1 Å². The maximum Gasteiger partial charge on any atom is 0.280 e. The molecular formula is C19H23F2N3O3. The second-order valence-corrected chi connectivity index (χ2v) is 6.62. The molecule has 1 N–H and O–H groups in total. The Morgan fingerprint density at radius 2 is 2.04 bits per heavy atom. The van der Waals surface area contributed by atoms with Gasteiger partial charge in [-0.15, -0.1) is 0 Å². The lowest BCUT2D eigenvalue weighted by Gasteiger charge is -2.18. The fourth-order valence-corrected chi connectivity index (χ4v) is 3.01. The lowest BCUT2D eigenvalue weighted by molar-refractivity contribution is -0.122. The highest BCUT2D eigenvalue weighted by Gasteiger charge is 2.29. The van der Waals surface area contributed by atoms with Crippen molar-refractivity contribution in [1.82, 2.24) is 15.1 Å². The van der Waals surface area contributed by atoms with E-state index in [4.69, 9.17) is 9.47 Å². The lowest BCUT2D eigenvalue weighted by Crippen LogP contribution is -2.31. The number of aromatic nitrogens is 2. The van der Waals surface area contributed by atoms with Crippen LogP contribution in [0.2, 0.25) is 0 Å². The van der Waals surface area contributed by atoms with Gasteiger partial charge in [-0.05, 0) is 44.0 Å². The number of rotatable bonds is 8. The van der Waals surface area contributed by atoms with Crippen molar-refractivity contribution >= 4 is 5.91 Å². The number of halogens is 2. The number of carbonyl (C=O) groups excluding carboxylic acids is 1. The topological polar surface area (TPSA) is 65.4 Å². The van der Waals surface area contributed by atoms with Crippen LogP contribution in [-0.4, -0.2) is 29.9 Å². The van der Waals surface area contributed by atoms with Crippen molar-refractivity contribution in [3.05, 3.63) is 41.2 Å². The minimum absolute atomic E-state index is 0.223. The van der Waals surface area contributed by atoms with Crippen LogP contribution in [0, 0.1) is 0 Å². The quantitative estimate of drug-likeness (QED) is 0.761. The van der Waals surface area contributed by atoms with E-state index in [1.165, 1.54) is 13.2 Å². The summed E-state index contributed by atoms with van der Waals surface area (Å²) in [5.41, 5.74) is 1.15. The zero-order chi connectivity index (χ0) is 19.6. The molecule has 27 heavy (non-hydrogen) atoms. The molecule has 1 fully saturated rings. The molecule has 0 aliphatic heterocycles. The van der Waals surface area contributed by atoms with E-state index in [0.29, 0.717) is 17.2 Å². The lowest BCUT2D eigenvalue weighted by atomic mass is 10.1. The van der Waals surface area contributed by atoms with Gasteiger partial charge < -0.3 is 14.8 Å². The number of hydrogen-bond donors (Lipinski definition) is 1. The third-order valence-corrected chi connectivity index (χ3v) is 4.62. The molecule has 1 aliphatic rings. The predicted molar refractivity (Wildman–Crippen MR) is 95.3 cm³/mol. The summed E-state index contributed by atoms with van der Waals surface area (Å²) in [6.07, 6.45) is -0.759. The van der Waals surface area contributed by atoms with Crippen molar-refractivity contribution in [3.63, 3.8) is 0 Å². The van der Waals surface area contributed by atoms with Crippen LogP contribution in [0.1, 0.15) is 55.1 Å². The molecule has 146 valence electrons. The molecule has 0 bridgehead atoms. The maximum absolute atomic E-state index is 13.3. The number of amides is 1. The number of ether oxygens (including phenoxy) is 2. The van der Waals surface area contributed by atoms with Gasteiger partial charge in [0.15, 0.2) is 0 Å². The van der Waals surface area contributed by atoms with Crippen LogP contribution in [0.3, 0.4) is 0 Å². The molecule has 1 amide bonds. The summed E-state index contributed by atoms with van der Waals surface area (Å²) in [7, 11) is 3.09. The smallest absolute Gasteiger partial charge is 0.280 e. The van der Waals surface area contributed by atoms with Crippen LogP contribution in [0.15, 0.2) is 24.3 Å². The van der Waals surface area contributed by atoms with E-state index in [-0.39, 0.29) is 18.2 Å². The molecule has 0 radical (unpaired) electrons. The molecule has 1 heterocycles. The van der Waals surface area contributed by atoms with Gasteiger partial charge in [0.1, 0.15) is 23.7 Å². The van der Waals surface area contributed by atoms with E-state index < -0.39 is 18.4 Å². The summed E-state index contributed by atoms with van der Waals surface area (Å²) >= 11 is 0. The van der Waals surface area contributed by atoms with Crippen molar-refractivity contribution in [1.29, 1.82) is 0 Å². The SMILES string of the molecule is COc1ccc(OC)c(C(C)NC(=O)Cn2nc(C3CC3)cc2C(F)F)c1. The number of carbonyl (C=O) groups is 1. The van der Waals surface area contributed by atoms with Crippen LogP contribution in [0.25, 0.3) is 0 Å². The molecule has 2 aromatic rings. The molecule has 1 saturated carbocycles. The summed E-state index contributed by atoms with van der Waals surface area (Å²) in [6, 6.07) is 6.30. The van der Waals surface area contributed by atoms with Crippen LogP contribution < -0.4 is 14.8 Å². The molecule has 1 aliphatic carbocycles. The molecule has 8 heteroatoms. The van der Waals surface area contributed by atoms with E-state index in [2.05, 4.69) is 10.4 Å². The van der Waals surface area contributed by atoms with Crippen molar-refractivity contribution in [2.45, 2.75) is 44.7 Å². The van der Waals surface area contributed by atoms with E-state index in [1.54, 1.807) is 32.2 Å². The largest absolute Gasteiger partial charge is 0.497 e. The highest BCUT2D eigenvalue weighted by atomic mass is 19.3. The van der Waals surface area contributed by atoms with E-state index >= 15 is 0 Å². The van der Waals surface area contributed by atoms with Gasteiger partial charge in [0, 0.05) is 11.5 Å². The van der Waals surface area contributed by atoms with Crippen molar-refractivity contribution in [3.8, 4) is 11.5 Å². The van der Waals surface area contributed by atoms with Gasteiger partial charge in [0.25, 0.3) is 6.43 Å².